The molecule has 1 aromatic carbocycles. The van der Waals surface area contributed by atoms with E-state index in [1.54, 1.807) is 5.37 Å². The maximum atomic E-state index is 6.27. The van der Waals surface area contributed by atoms with Gasteiger partial charge in [-0.1, -0.05) is 60.3 Å². The molecule has 1 rings (SSSR count). The van der Waals surface area contributed by atoms with Gasteiger partial charge >= 0.3 is 0 Å². The lowest BCUT2D eigenvalue weighted by molar-refractivity contribution is 0.790. The van der Waals surface area contributed by atoms with Gasteiger partial charge in [0.1, 0.15) is 0 Å². The molecule has 1 nitrogen and oxygen atoms in total. The predicted molar refractivity (Wildman–Crippen MR) is 116 cm³/mol. The van der Waals surface area contributed by atoms with Gasteiger partial charge < -0.3 is 5.73 Å². The van der Waals surface area contributed by atoms with Crippen LogP contribution < -0.4 is 5.73 Å². The Kier molecular flexibility index (Phi) is 9.15. The van der Waals surface area contributed by atoms with Crippen molar-refractivity contribution < 1.29 is 0 Å². The van der Waals surface area contributed by atoms with Crippen molar-refractivity contribution in [3.63, 3.8) is 0 Å². The van der Waals surface area contributed by atoms with Gasteiger partial charge in [-0.2, -0.15) is 0 Å². The molecule has 0 saturated carbocycles. The summed E-state index contributed by atoms with van der Waals surface area (Å²) in [6.45, 7) is 12.5. The molecular weight excluding hydrogens is 322 g/mol. The smallest absolute Gasteiger partial charge is 0.0151 e. The SMILES string of the molecule is C=C(CCCc1cccc(C)c1)CC(N)=C(C)C=C(C)C(C)=CC=S. The first kappa shape index (κ1) is 21.1. The van der Waals surface area contributed by atoms with Crippen molar-refractivity contribution in [2.45, 2.75) is 53.4 Å². The molecule has 0 amide bonds. The van der Waals surface area contributed by atoms with Gasteiger partial charge in [0, 0.05) is 17.5 Å². The molecule has 0 aliphatic heterocycles. The third kappa shape index (κ3) is 8.13. The Balaban J connectivity index is 2.55. The van der Waals surface area contributed by atoms with E-state index in [-0.39, 0.29) is 0 Å². The fourth-order valence-electron chi connectivity index (χ4n) is 2.67. The molecule has 0 fully saturated rings. The molecule has 0 atom stereocenters. The summed E-state index contributed by atoms with van der Waals surface area (Å²) in [6.07, 6.45) is 8.03. The van der Waals surface area contributed by atoms with Crippen LogP contribution in [0.15, 0.2) is 71.0 Å². The van der Waals surface area contributed by atoms with Crippen LogP contribution in [0, 0.1) is 6.92 Å². The number of benzene rings is 1. The lowest BCUT2D eigenvalue weighted by Crippen LogP contribution is -2.02. The molecule has 1 aromatic rings. The average molecular weight is 354 g/mol. The molecule has 0 aromatic heterocycles. The number of hydrogen-bond acceptors (Lipinski definition) is 2. The molecule has 0 radical (unpaired) electrons. The maximum absolute atomic E-state index is 6.27. The lowest BCUT2D eigenvalue weighted by Gasteiger charge is -2.10. The molecule has 0 aliphatic carbocycles. The Morgan fingerprint density at radius 1 is 1.20 bits per heavy atom. The molecular formula is C23H31NS. The van der Waals surface area contributed by atoms with Crippen molar-refractivity contribution in [2.24, 2.45) is 5.73 Å². The van der Waals surface area contributed by atoms with Crippen molar-refractivity contribution >= 4 is 17.6 Å². The number of rotatable bonds is 9. The molecule has 0 bridgehead atoms. The van der Waals surface area contributed by atoms with Crippen molar-refractivity contribution in [3.8, 4) is 0 Å². The lowest BCUT2D eigenvalue weighted by atomic mass is 9.99. The standard InChI is InChI=1S/C23H31NS/c1-17-8-6-10-22(14-17)11-7-9-18(2)15-23(24)21(5)16-20(4)19(3)12-13-25/h6,8,10,12-14,16H,2,7,9,11,15,24H2,1,3-5H3. The molecule has 0 unspecified atom stereocenters. The van der Waals surface area contributed by atoms with Crippen LogP contribution in [-0.4, -0.2) is 5.37 Å². The highest BCUT2D eigenvalue weighted by Gasteiger charge is 2.02. The molecule has 2 heteroatoms. The third-order valence-electron chi connectivity index (χ3n) is 4.40. The number of hydrogen-bond donors (Lipinski definition) is 1. The second kappa shape index (κ2) is 10.8. The van der Waals surface area contributed by atoms with Crippen molar-refractivity contribution in [1.82, 2.24) is 0 Å². The molecule has 134 valence electrons. The van der Waals surface area contributed by atoms with E-state index < -0.39 is 0 Å². The fourth-order valence-corrected chi connectivity index (χ4v) is 2.88. The highest BCUT2D eigenvalue weighted by molar-refractivity contribution is 7.79. The zero-order valence-corrected chi connectivity index (χ0v) is 16.9. The zero-order valence-electron chi connectivity index (χ0n) is 16.1. The fraction of sp³-hybridized carbons (Fsp3) is 0.348. The summed E-state index contributed by atoms with van der Waals surface area (Å²) >= 11 is 4.88. The summed E-state index contributed by atoms with van der Waals surface area (Å²) in [5, 5.41) is 1.64. The molecule has 0 heterocycles. The molecule has 0 spiro atoms. The van der Waals surface area contributed by atoms with E-state index in [1.807, 2.05) is 6.08 Å². The first-order valence-electron chi connectivity index (χ1n) is 8.81. The minimum absolute atomic E-state index is 0.763. The Bertz CT molecular complexity index is 705. The number of allylic oxidation sites excluding steroid dienone is 6. The summed E-state index contributed by atoms with van der Waals surface area (Å²) in [6, 6.07) is 8.71. The molecule has 25 heavy (non-hydrogen) atoms. The summed E-state index contributed by atoms with van der Waals surface area (Å²) in [4.78, 5) is 0. The molecule has 2 N–H and O–H groups in total. The van der Waals surface area contributed by atoms with Crippen LogP contribution >= 0.6 is 12.2 Å². The minimum Gasteiger partial charge on any atom is -0.402 e. The monoisotopic (exact) mass is 353 g/mol. The van der Waals surface area contributed by atoms with Crippen molar-refractivity contribution in [1.29, 1.82) is 0 Å². The second-order valence-corrected chi connectivity index (χ2v) is 7.06. The summed E-state index contributed by atoms with van der Waals surface area (Å²) in [7, 11) is 0. The third-order valence-corrected chi connectivity index (χ3v) is 4.53. The van der Waals surface area contributed by atoms with Crippen LogP contribution in [0.1, 0.15) is 51.2 Å². The number of nitrogens with two attached hydrogens (primary N) is 1. The van der Waals surface area contributed by atoms with E-state index in [0.29, 0.717) is 0 Å². The Labute approximate surface area is 159 Å². The van der Waals surface area contributed by atoms with E-state index in [9.17, 15) is 0 Å². The van der Waals surface area contributed by atoms with Gasteiger partial charge in [-0.05, 0) is 75.3 Å². The van der Waals surface area contributed by atoms with Gasteiger partial charge in [0.15, 0.2) is 0 Å². The Morgan fingerprint density at radius 3 is 2.56 bits per heavy atom. The van der Waals surface area contributed by atoms with Crippen LogP contribution in [0.2, 0.25) is 0 Å². The first-order chi connectivity index (χ1) is 11.8. The van der Waals surface area contributed by atoms with E-state index in [2.05, 4.69) is 64.6 Å². The molecule has 0 aliphatic rings. The van der Waals surface area contributed by atoms with Crippen molar-refractivity contribution in [2.75, 3.05) is 0 Å². The Morgan fingerprint density at radius 2 is 1.92 bits per heavy atom. The zero-order chi connectivity index (χ0) is 18.8. The first-order valence-corrected chi connectivity index (χ1v) is 9.28. The van der Waals surface area contributed by atoms with Gasteiger partial charge in [0.05, 0.1) is 0 Å². The van der Waals surface area contributed by atoms with E-state index >= 15 is 0 Å². The summed E-state index contributed by atoms with van der Waals surface area (Å²) in [5.74, 6) is 0. The van der Waals surface area contributed by atoms with Gasteiger partial charge in [-0.25, -0.2) is 0 Å². The highest BCUT2D eigenvalue weighted by Crippen LogP contribution is 2.18. The number of aryl methyl sites for hydroxylation is 2. The van der Waals surface area contributed by atoms with E-state index in [4.69, 9.17) is 18.0 Å². The van der Waals surface area contributed by atoms with Crippen molar-refractivity contribution in [3.05, 3.63) is 82.1 Å². The Hall–Kier alpha value is -1.93. The summed E-state index contributed by atoms with van der Waals surface area (Å²) in [5.41, 5.74) is 14.5. The molecule has 0 saturated heterocycles. The predicted octanol–water partition coefficient (Wildman–Crippen LogP) is 6.39. The van der Waals surface area contributed by atoms with Gasteiger partial charge in [-0.15, -0.1) is 0 Å². The average Bonchev–Trinajstić information content (AvgIpc) is 2.54. The van der Waals surface area contributed by atoms with Crippen LogP contribution in [0.3, 0.4) is 0 Å². The second-order valence-electron chi connectivity index (χ2n) is 6.79. The van der Waals surface area contributed by atoms with Crippen LogP contribution in [0.4, 0.5) is 0 Å². The topological polar surface area (TPSA) is 26.0 Å². The van der Waals surface area contributed by atoms with Gasteiger partial charge in [-0.3, -0.25) is 0 Å². The van der Waals surface area contributed by atoms with Crippen LogP contribution in [0.5, 0.6) is 0 Å². The minimum atomic E-state index is 0.763. The highest BCUT2D eigenvalue weighted by atomic mass is 32.1. The quantitative estimate of drug-likeness (QED) is 0.241. The maximum Gasteiger partial charge on any atom is 0.0151 e. The number of thiocarbonyl (C=S) groups is 1. The van der Waals surface area contributed by atoms with Gasteiger partial charge in [0.25, 0.3) is 0 Å². The van der Waals surface area contributed by atoms with Gasteiger partial charge in [0.2, 0.25) is 0 Å². The van der Waals surface area contributed by atoms with E-state index in [0.717, 1.165) is 37.0 Å². The van der Waals surface area contributed by atoms with Crippen LogP contribution in [0.25, 0.3) is 0 Å². The normalized spacial score (nSPS) is 13.4. The largest absolute Gasteiger partial charge is 0.402 e. The summed E-state index contributed by atoms with van der Waals surface area (Å²) < 4.78 is 0. The van der Waals surface area contributed by atoms with E-state index in [1.165, 1.54) is 27.8 Å². The van der Waals surface area contributed by atoms with Crippen LogP contribution in [-0.2, 0) is 6.42 Å².